The van der Waals surface area contributed by atoms with Crippen molar-refractivity contribution in [3.05, 3.63) is 48.5 Å². The molecule has 0 aliphatic heterocycles. The second-order valence-electron chi connectivity index (χ2n) is 3.32. The molecule has 2 rings (SSSR count). The fourth-order valence-corrected chi connectivity index (χ4v) is 2.34. The number of hydrogen-bond donors (Lipinski definition) is 0. The summed E-state index contributed by atoms with van der Waals surface area (Å²) in [6.07, 6.45) is 3.13. The van der Waals surface area contributed by atoms with Gasteiger partial charge in [-0.05, 0) is 35.4 Å². The van der Waals surface area contributed by atoms with Gasteiger partial charge in [0.2, 0.25) is 0 Å². The zero-order valence-corrected chi connectivity index (χ0v) is 10.0. The SMILES string of the molecule is O=S(=O)(Cl)c1cc(-c2ccncc2)ccc1F. The Morgan fingerprint density at radius 1 is 1.06 bits per heavy atom. The number of hydrogen-bond acceptors (Lipinski definition) is 3. The summed E-state index contributed by atoms with van der Waals surface area (Å²) in [4.78, 5) is 3.32. The Kier molecular flexibility index (Phi) is 3.13. The lowest BCUT2D eigenvalue weighted by Crippen LogP contribution is -1.95. The summed E-state index contributed by atoms with van der Waals surface area (Å²) in [5.74, 6) is -0.863. The average Bonchev–Trinajstić information content (AvgIpc) is 2.29. The van der Waals surface area contributed by atoms with Gasteiger partial charge in [0.15, 0.2) is 0 Å². The van der Waals surface area contributed by atoms with Crippen LogP contribution in [-0.4, -0.2) is 13.4 Å². The standard InChI is InChI=1S/C11H7ClFNO2S/c12-17(15,16)11-7-9(1-2-10(11)13)8-3-5-14-6-4-8/h1-7H. The number of halogens is 2. The fourth-order valence-electron chi connectivity index (χ4n) is 1.41. The first-order valence-corrected chi connectivity index (χ1v) is 6.94. The molecule has 0 unspecified atom stereocenters. The van der Waals surface area contributed by atoms with Crippen LogP contribution in [0.2, 0.25) is 0 Å². The Bertz CT molecular complexity index is 644. The van der Waals surface area contributed by atoms with E-state index < -0.39 is 19.8 Å². The molecule has 0 aliphatic carbocycles. The monoisotopic (exact) mass is 271 g/mol. The minimum atomic E-state index is -4.08. The van der Waals surface area contributed by atoms with Crippen molar-refractivity contribution in [2.75, 3.05) is 0 Å². The predicted molar refractivity (Wildman–Crippen MR) is 62.7 cm³/mol. The molecule has 0 aliphatic rings. The Morgan fingerprint density at radius 3 is 2.29 bits per heavy atom. The zero-order valence-electron chi connectivity index (χ0n) is 8.47. The maximum Gasteiger partial charge on any atom is 0.264 e. The third kappa shape index (κ3) is 2.62. The van der Waals surface area contributed by atoms with Crippen LogP contribution in [0.25, 0.3) is 11.1 Å². The maximum atomic E-state index is 13.3. The van der Waals surface area contributed by atoms with Gasteiger partial charge in [0.1, 0.15) is 10.7 Å². The lowest BCUT2D eigenvalue weighted by Gasteiger charge is -2.04. The minimum absolute atomic E-state index is 0.520. The van der Waals surface area contributed by atoms with E-state index in [0.29, 0.717) is 5.56 Å². The Labute approximate surface area is 102 Å². The highest BCUT2D eigenvalue weighted by Crippen LogP contribution is 2.26. The molecule has 3 nitrogen and oxygen atoms in total. The van der Waals surface area contributed by atoms with E-state index in [1.807, 2.05) is 0 Å². The van der Waals surface area contributed by atoms with Crippen LogP contribution in [0.15, 0.2) is 47.6 Å². The summed E-state index contributed by atoms with van der Waals surface area (Å²) in [5, 5.41) is 0. The molecular weight excluding hydrogens is 265 g/mol. The number of aromatic nitrogens is 1. The van der Waals surface area contributed by atoms with Gasteiger partial charge in [0.25, 0.3) is 9.05 Å². The van der Waals surface area contributed by atoms with Gasteiger partial charge < -0.3 is 0 Å². The van der Waals surface area contributed by atoms with E-state index in [-0.39, 0.29) is 0 Å². The normalized spacial score (nSPS) is 11.4. The number of rotatable bonds is 2. The Morgan fingerprint density at radius 2 is 1.71 bits per heavy atom. The molecule has 1 aromatic carbocycles. The highest BCUT2D eigenvalue weighted by molar-refractivity contribution is 8.13. The molecular formula is C11H7ClFNO2S. The van der Waals surface area contributed by atoms with Crippen LogP contribution >= 0.6 is 10.7 Å². The number of pyridine rings is 1. The lowest BCUT2D eigenvalue weighted by molar-refractivity contribution is 0.576. The fraction of sp³-hybridized carbons (Fsp3) is 0. The van der Waals surface area contributed by atoms with Crippen molar-refractivity contribution in [2.24, 2.45) is 0 Å². The minimum Gasteiger partial charge on any atom is -0.265 e. The van der Waals surface area contributed by atoms with Crippen LogP contribution in [0.4, 0.5) is 4.39 Å². The summed E-state index contributed by atoms with van der Waals surface area (Å²) in [6, 6.07) is 7.14. The van der Waals surface area contributed by atoms with E-state index in [4.69, 9.17) is 10.7 Å². The van der Waals surface area contributed by atoms with Crippen LogP contribution in [0, 0.1) is 5.82 Å². The van der Waals surface area contributed by atoms with E-state index in [1.165, 1.54) is 12.1 Å². The molecule has 0 spiro atoms. The first-order valence-electron chi connectivity index (χ1n) is 4.63. The van der Waals surface area contributed by atoms with Crippen molar-refractivity contribution < 1.29 is 12.8 Å². The van der Waals surface area contributed by atoms with Crippen LogP contribution in [-0.2, 0) is 9.05 Å². The zero-order chi connectivity index (χ0) is 12.5. The lowest BCUT2D eigenvalue weighted by atomic mass is 10.1. The molecule has 0 bridgehead atoms. The van der Waals surface area contributed by atoms with Crippen LogP contribution in [0.1, 0.15) is 0 Å². The molecule has 2 aromatic rings. The third-order valence-electron chi connectivity index (χ3n) is 2.21. The highest BCUT2D eigenvalue weighted by atomic mass is 35.7. The van der Waals surface area contributed by atoms with E-state index in [1.54, 1.807) is 24.5 Å². The van der Waals surface area contributed by atoms with Crippen molar-refractivity contribution in [3.63, 3.8) is 0 Å². The molecule has 0 N–H and O–H groups in total. The quantitative estimate of drug-likeness (QED) is 0.789. The molecule has 0 atom stereocenters. The maximum absolute atomic E-state index is 13.3. The van der Waals surface area contributed by atoms with Gasteiger partial charge in [-0.25, -0.2) is 12.8 Å². The average molecular weight is 272 g/mol. The summed E-state index contributed by atoms with van der Waals surface area (Å²) < 4.78 is 35.6. The molecule has 0 amide bonds. The summed E-state index contributed by atoms with van der Waals surface area (Å²) in [6.45, 7) is 0. The summed E-state index contributed by atoms with van der Waals surface area (Å²) in [7, 11) is 1.06. The van der Waals surface area contributed by atoms with Crippen LogP contribution < -0.4 is 0 Å². The van der Waals surface area contributed by atoms with Gasteiger partial charge in [-0.15, -0.1) is 0 Å². The van der Waals surface area contributed by atoms with Gasteiger partial charge in [-0.1, -0.05) is 6.07 Å². The molecule has 1 heterocycles. The largest absolute Gasteiger partial charge is 0.265 e. The van der Waals surface area contributed by atoms with Crippen molar-refractivity contribution in [2.45, 2.75) is 4.90 Å². The van der Waals surface area contributed by atoms with E-state index >= 15 is 0 Å². The predicted octanol–water partition coefficient (Wildman–Crippen LogP) is 2.82. The summed E-state index contributed by atoms with van der Waals surface area (Å²) >= 11 is 0. The third-order valence-corrected chi connectivity index (χ3v) is 3.54. The van der Waals surface area contributed by atoms with E-state index in [0.717, 1.165) is 11.6 Å². The smallest absolute Gasteiger partial charge is 0.264 e. The van der Waals surface area contributed by atoms with Crippen molar-refractivity contribution in [1.29, 1.82) is 0 Å². The second kappa shape index (κ2) is 4.43. The van der Waals surface area contributed by atoms with Crippen molar-refractivity contribution in [3.8, 4) is 11.1 Å². The van der Waals surface area contributed by atoms with Gasteiger partial charge in [-0.2, -0.15) is 0 Å². The Balaban J connectivity index is 2.61. The van der Waals surface area contributed by atoms with Crippen LogP contribution in [0.3, 0.4) is 0 Å². The first kappa shape index (κ1) is 12.0. The number of nitrogens with zero attached hydrogens (tertiary/aromatic N) is 1. The molecule has 0 fully saturated rings. The topological polar surface area (TPSA) is 47.0 Å². The van der Waals surface area contributed by atoms with Crippen molar-refractivity contribution in [1.82, 2.24) is 4.98 Å². The molecule has 17 heavy (non-hydrogen) atoms. The molecule has 0 saturated heterocycles. The first-order chi connectivity index (χ1) is 7.98. The highest BCUT2D eigenvalue weighted by Gasteiger charge is 2.16. The van der Waals surface area contributed by atoms with Gasteiger partial charge in [-0.3, -0.25) is 4.98 Å². The number of benzene rings is 1. The van der Waals surface area contributed by atoms with Crippen LogP contribution in [0.5, 0.6) is 0 Å². The molecule has 0 saturated carbocycles. The van der Waals surface area contributed by atoms with E-state index in [2.05, 4.69) is 4.98 Å². The Hall–Kier alpha value is -1.46. The van der Waals surface area contributed by atoms with Gasteiger partial charge in [0.05, 0.1) is 0 Å². The molecule has 6 heteroatoms. The van der Waals surface area contributed by atoms with E-state index in [9.17, 15) is 12.8 Å². The second-order valence-corrected chi connectivity index (χ2v) is 5.85. The van der Waals surface area contributed by atoms with Crippen molar-refractivity contribution >= 4 is 19.7 Å². The van der Waals surface area contributed by atoms with Gasteiger partial charge >= 0.3 is 0 Å². The molecule has 1 aromatic heterocycles. The summed E-state index contributed by atoms with van der Waals surface area (Å²) in [5.41, 5.74) is 1.30. The molecule has 0 radical (unpaired) electrons. The molecule has 88 valence electrons. The van der Waals surface area contributed by atoms with Gasteiger partial charge in [0, 0.05) is 23.1 Å².